The van der Waals surface area contributed by atoms with Crippen molar-refractivity contribution in [2.24, 2.45) is 0 Å². The van der Waals surface area contributed by atoms with Crippen molar-refractivity contribution >= 4 is 17.5 Å². The lowest BCUT2D eigenvalue weighted by atomic mass is 10.1. The highest BCUT2D eigenvalue weighted by atomic mass is 35.5. The van der Waals surface area contributed by atoms with Gasteiger partial charge in [-0.25, -0.2) is 0 Å². The summed E-state index contributed by atoms with van der Waals surface area (Å²) in [4.78, 5) is 14.6. The molecule has 0 radical (unpaired) electrons. The number of benzene rings is 1. The zero-order valence-electron chi connectivity index (χ0n) is 14.5. The Bertz CT molecular complexity index is 735. The molecule has 2 aliphatic rings. The smallest absolute Gasteiger partial charge is 0.220 e. The molecular weight excluding hydrogens is 352 g/mol. The first-order valence-electron chi connectivity index (χ1n) is 9.05. The predicted molar refractivity (Wildman–Crippen MR) is 99.0 cm³/mol. The van der Waals surface area contributed by atoms with E-state index in [1.54, 1.807) is 6.20 Å². The summed E-state index contributed by atoms with van der Waals surface area (Å²) in [7, 11) is 0. The number of nitrogens with one attached hydrogen (secondary N) is 2. The first kappa shape index (κ1) is 17.5. The van der Waals surface area contributed by atoms with E-state index in [0.717, 1.165) is 35.7 Å². The molecule has 1 amide bonds. The number of fused-ring (bicyclic) bond motifs is 1. The van der Waals surface area contributed by atoms with Gasteiger partial charge in [0.2, 0.25) is 5.91 Å². The van der Waals surface area contributed by atoms with Gasteiger partial charge in [0, 0.05) is 42.8 Å². The van der Waals surface area contributed by atoms with Gasteiger partial charge in [-0.2, -0.15) is 5.10 Å². The second-order valence-electron chi connectivity index (χ2n) is 7.09. The first-order valence-corrected chi connectivity index (χ1v) is 9.43. The monoisotopic (exact) mass is 374 g/mol. The van der Waals surface area contributed by atoms with E-state index >= 15 is 0 Å². The highest BCUT2D eigenvalue weighted by Gasteiger charge is 2.38. The molecule has 3 atom stereocenters. The largest absolute Gasteiger partial charge is 0.371 e. The first-order chi connectivity index (χ1) is 12.7. The molecule has 0 aliphatic carbocycles. The number of aromatic nitrogens is 2. The van der Waals surface area contributed by atoms with Gasteiger partial charge in [0.1, 0.15) is 0 Å². The molecule has 0 unspecified atom stereocenters. The van der Waals surface area contributed by atoms with Crippen molar-refractivity contribution < 1.29 is 9.53 Å². The third-order valence-electron chi connectivity index (χ3n) is 5.22. The maximum Gasteiger partial charge on any atom is 0.220 e. The average molecular weight is 375 g/mol. The SMILES string of the molecule is O=C(CCc1cn[nH]c1)N[C@@H]1C[C@H]2CO[C@@H](c3ccc(Cl)cc3)CN2C1. The molecule has 2 fully saturated rings. The second-order valence-corrected chi connectivity index (χ2v) is 7.52. The van der Waals surface area contributed by atoms with Crippen molar-refractivity contribution in [3.8, 4) is 0 Å². The highest BCUT2D eigenvalue weighted by Crippen LogP contribution is 2.30. The molecule has 6 nitrogen and oxygen atoms in total. The number of hydrogen-bond donors (Lipinski definition) is 2. The Morgan fingerprint density at radius 1 is 1.35 bits per heavy atom. The number of aryl methyl sites for hydroxylation is 1. The van der Waals surface area contributed by atoms with Gasteiger partial charge in [0.15, 0.2) is 0 Å². The molecule has 0 spiro atoms. The van der Waals surface area contributed by atoms with Gasteiger partial charge in [-0.05, 0) is 36.1 Å². The summed E-state index contributed by atoms with van der Waals surface area (Å²) in [5, 5.41) is 10.6. The molecule has 4 rings (SSSR count). The number of halogens is 1. The van der Waals surface area contributed by atoms with E-state index in [2.05, 4.69) is 20.4 Å². The van der Waals surface area contributed by atoms with Gasteiger partial charge in [-0.1, -0.05) is 23.7 Å². The van der Waals surface area contributed by atoms with E-state index in [0.29, 0.717) is 25.5 Å². The van der Waals surface area contributed by atoms with Crippen LogP contribution in [-0.4, -0.2) is 52.8 Å². The zero-order valence-corrected chi connectivity index (χ0v) is 15.3. The Labute approximate surface area is 157 Å². The number of carbonyl (C=O) groups is 1. The van der Waals surface area contributed by atoms with Crippen LogP contribution in [0.5, 0.6) is 0 Å². The number of carbonyl (C=O) groups excluding carboxylic acids is 1. The lowest BCUT2D eigenvalue weighted by molar-refractivity contribution is -0.121. The number of H-pyrrole nitrogens is 1. The summed E-state index contributed by atoms with van der Waals surface area (Å²) < 4.78 is 6.06. The van der Waals surface area contributed by atoms with Crippen LogP contribution >= 0.6 is 11.6 Å². The highest BCUT2D eigenvalue weighted by molar-refractivity contribution is 6.30. The molecule has 3 heterocycles. The Balaban J connectivity index is 1.27. The summed E-state index contributed by atoms with van der Waals surface area (Å²) in [6, 6.07) is 8.44. The van der Waals surface area contributed by atoms with Gasteiger partial charge in [-0.3, -0.25) is 14.8 Å². The zero-order chi connectivity index (χ0) is 17.9. The topological polar surface area (TPSA) is 70.2 Å². The normalized spacial score (nSPS) is 25.8. The fourth-order valence-corrected chi connectivity index (χ4v) is 3.96. The van der Waals surface area contributed by atoms with Crippen LogP contribution in [0.15, 0.2) is 36.7 Å². The van der Waals surface area contributed by atoms with E-state index in [1.807, 2.05) is 30.5 Å². The molecule has 2 aromatic rings. The molecule has 2 saturated heterocycles. The number of amides is 1. The molecule has 26 heavy (non-hydrogen) atoms. The Kier molecular flexibility index (Phi) is 5.24. The van der Waals surface area contributed by atoms with E-state index < -0.39 is 0 Å². The third kappa shape index (κ3) is 4.09. The van der Waals surface area contributed by atoms with Crippen molar-refractivity contribution in [1.82, 2.24) is 20.4 Å². The molecule has 2 N–H and O–H groups in total. The molecule has 1 aromatic carbocycles. The minimum absolute atomic E-state index is 0.0686. The minimum atomic E-state index is 0.0686. The minimum Gasteiger partial charge on any atom is -0.371 e. The number of nitrogens with zero attached hydrogens (tertiary/aromatic N) is 2. The standard InChI is InChI=1S/C19H23ClN4O2/c20-15-4-2-14(3-5-15)18-11-24-10-16(7-17(24)12-26-18)23-19(25)6-1-13-8-21-22-9-13/h2-5,8-9,16-18H,1,6-7,10-12H2,(H,21,22)(H,23,25)/t16-,17+,18-/m1/s1. The van der Waals surface area contributed by atoms with Crippen LogP contribution in [0.25, 0.3) is 0 Å². The molecule has 0 bridgehead atoms. The number of ether oxygens (including phenoxy) is 1. The van der Waals surface area contributed by atoms with E-state index in [9.17, 15) is 4.79 Å². The molecular formula is C19H23ClN4O2. The van der Waals surface area contributed by atoms with Crippen LogP contribution in [-0.2, 0) is 16.0 Å². The number of aromatic amines is 1. The average Bonchev–Trinajstić information content (AvgIpc) is 3.29. The molecule has 2 aliphatic heterocycles. The van der Waals surface area contributed by atoms with Crippen LogP contribution < -0.4 is 5.32 Å². The molecule has 0 saturated carbocycles. The lowest BCUT2D eigenvalue weighted by Crippen LogP contribution is -2.43. The third-order valence-corrected chi connectivity index (χ3v) is 5.47. The fraction of sp³-hybridized carbons (Fsp3) is 0.474. The lowest BCUT2D eigenvalue weighted by Gasteiger charge is -2.35. The van der Waals surface area contributed by atoms with Gasteiger partial charge in [0.05, 0.1) is 18.9 Å². The van der Waals surface area contributed by atoms with Crippen LogP contribution in [0, 0.1) is 0 Å². The van der Waals surface area contributed by atoms with Crippen LogP contribution in [0.3, 0.4) is 0 Å². The predicted octanol–water partition coefficient (Wildman–Crippen LogP) is 2.33. The molecule has 138 valence electrons. The van der Waals surface area contributed by atoms with Crippen molar-refractivity contribution in [3.05, 3.63) is 52.8 Å². The number of rotatable bonds is 5. The summed E-state index contributed by atoms with van der Waals surface area (Å²) in [6.07, 6.45) is 5.81. The van der Waals surface area contributed by atoms with Crippen LogP contribution in [0.4, 0.5) is 0 Å². The Hall–Kier alpha value is -1.89. The summed E-state index contributed by atoms with van der Waals surface area (Å²) in [5.74, 6) is 0.103. The number of morpholine rings is 1. The summed E-state index contributed by atoms with van der Waals surface area (Å²) in [6.45, 7) is 2.44. The van der Waals surface area contributed by atoms with Crippen molar-refractivity contribution in [1.29, 1.82) is 0 Å². The van der Waals surface area contributed by atoms with Gasteiger partial charge in [-0.15, -0.1) is 0 Å². The quantitative estimate of drug-likeness (QED) is 0.842. The van der Waals surface area contributed by atoms with Gasteiger partial charge < -0.3 is 10.1 Å². The number of hydrogen-bond acceptors (Lipinski definition) is 4. The van der Waals surface area contributed by atoms with Crippen molar-refractivity contribution in [2.45, 2.75) is 37.5 Å². The second kappa shape index (κ2) is 7.78. The molecule has 7 heteroatoms. The van der Waals surface area contributed by atoms with Gasteiger partial charge >= 0.3 is 0 Å². The van der Waals surface area contributed by atoms with E-state index in [4.69, 9.17) is 16.3 Å². The maximum atomic E-state index is 12.2. The fourth-order valence-electron chi connectivity index (χ4n) is 3.83. The Morgan fingerprint density at radius 3 is 2.96 bits per heavy atom. The van der Waals surface area contributed by atoms with Crippen LogP contribution in [0.2, 0.25) is 5.02 Å². The van der Waals surface area contributed by atoms with Crippen LogP contribution in [0.1, 0.15) is 30.1 Å². The summed E-state index contributed by atoms with van der Waals surface area (Å²) >= 11 is 5.97. The summed E-state index contributed by atoms with van der Waals surface area (Å²) in [5.41, 5.74) is 2.21. The van der Waals surface area contributed by atoms with E-state index in [-0.39, 0.29) is 18.1 Å². The Morgan fingerprint density at radius 2 is 2.19 bits per heavy atom. The molecule has 1 aromatic heterocycles. The maximum absolute atomic E-state index is 12.2. The van der Waals surface area contributed by atoms with E-state index in [1.165, 1.54) is 0 Å². The van der Waals surface area contributed by atoms with Gasteiger partial charge in [0.25, 0.3) is 0 Å². The van der Waals surface area contributed by atoms with Crippen molar-refractivity contribution in [2.75, 3.05) is 19.7 Å². The van der Waals surface area contributed by atoms with Crippen molar-refractivity contribution in [3.63, 3.8) is 0 Å².